The molecule has 2 aromatic carbocycles. The van der Waals surface area contributed by atoms with Crippen molar-refractivity contribution in [3.63, 3.8) is 0 Å². The van der Waals surface area contributed by atoms with Gasteiger partial charge in [-0.2, -0.15) is 0 Å². The van der Waals surface area contributed by atoms with Crippen LogP contribution in [0.5, 0.6) is 5.75 Å². The summed E-state index contributed by atoms with van der Waals surface area (Å²) in [6.07, 6.45) is 2.91. The molecule has 1 amide bonds. The first-order chi connectivity index (χ1) is 15.6. The SMILES string of the molecule is Cc1cccnc1-c1cccc2c1O[C@H](CNC(=O)CCn1c(C)nc3ccccc31)C2. The average molecular weight is 427 g/mol. The smallest absolute Gasteiger partial charge is 0.221 e. The van der Waals surface area contributed by atoms with Crippen molar-refractivity contribution in [1.29, 1.82) is 0 Å². The number of para-hydroxylation sites is 3. The average Bonchev–Trinajstić information content (AvgIpc) is 3.36. The van der Waals surface area contributed by atoms with Gasteiger partial charge in [0.25, 0.3) is 0 Å². The van der Waals surface area contributed by atoms with Crippen molar-refractivity contribution in [3.05, 3.63) is 77.7 Å². The second-order valence-corrected chi connectivity index (χ2v) is 8.26. The van der Waals surface area contributed by atoms with Crippen LogP contribution >= 0.6 is 0 Å². The Labute approximate surface area is 187 Å². The molecule has 0 saturated carbocycles. The first-order valence-corrected chi connectivity index (χ1v) is 11.0. The molecule has 0 spiro atoms. The number of aromatic nitrogens is 3. The normalized spacial score (nSPS) is 14.9. The maximum Gasteiger partial charge on any atom is 0.221 e. The van der Waals surface area contributed by atoms with Crippen molar-refractivity contribution in [2.45, 2.75) is 39.3 Å². The van der Waals surface area contributed by atoms with E-state index in [0.29, 0.717) is 19.5 Å². The first kappa shape index (κ1) is 20.2. The number of carbonyl (C=O) groups is 1. The van der Waals surface area contributed by atoms with E-state index in [9.17, 15) is 4.79 Å². The Morgan fingerprint density at radius 2 is 2.00 bits per heavy atom. The van der Waals surface area contributed by atoms with Crippen molar-refractivity contribution >= 4 is 16.9 Å². The fraction of sp³-hybridized carbons (Fsp3) is 0.269. The Bertz CT molecular complexity index is 1290. The monoisotopic (exact) mass is 426 g/mol. The molecule has 0 saturated heterocycles. The van der Waals surface area contributed by atoms with Crippen LogP contribution in [0.3, 0.4) is 0 Å². The van der Waals surface area contributed by atoms with Crippen molar-refractivity contribution < 1.29 is 9.53 Å². The lowest BCUT2D eigenvalue weighted by molar-refractivity contribution is -0.121. The van der Waals surface area contributed by atoms with Crippen LogP contribution in [0.2, 0.25) is 0 Å². The molecule has 3 heterocycles. The van der Waals surface area contributed by atoms with Crippen LogP contribution in [0, 0.1) is 13.8 Å². The van der Waals surface area contributed by atoms with Crippen molar-refractivity contribution in [2.24, 2.45) is 0 Å². The highest BCUT2D eigenvalue weighted by Gasteiger charge is 2.26. The minimum Gasteiger partial charge on any atom is -0.487 e. The number of hydrogen-bond acceptors (Lipinski definition) is 4. The highest BCUT2D eigenvalue weighted by Crippen LogP contribution is 2.38. The van der Waals surface area contributed by atoms with Crippen molar-refractivity contribution in [2.75, 3.05) is 6.54 Å². The standard InChI is InChI=1S/C26H26N4O2/c1-17-7-6-13-27-25(17)21-9-5-8-19-15-20(32-26(19)21)16-28-24(31)12-14-30-18(2)29-22-10-3-4-11-23(22)30/h3-11,13,20H,12,14-16H2,1-2H3,(H,28,31)/t20-/m0/s1. The zero-order chi connectivity index (χ0) is 22.1. The van der Waals surface area contributed by atoms with Gasteiger partial charge in [-0.3, -0.25) is 9.78 Å². The molecule has 1 atom stereocenters. The summed E-state index contributed by atoms with van der Waals surface area (Å²) in [7, 11) is 0. The molecule has 1 aliphatic heterocycles. The number of rotatable bonds is 6. The highest BCUT2D eigenvalue weighted by molar-refractivity contribution is 5.78. The van der Waals surface area contributed by atoms with E-state index in [1.807, 2.05) is 49.4 Å². The summed E-state index contributed by atoms with van der Waals surface area (Å²) in [6, 6.07) is 18.2. The number of pyridine rings is 1. The Balaban J connectivity index is 1.20. The number of ether oxygens (including phenoxy) is 1. The van der Waals surface area contributed by atoms with Gasteiger partial charge in [-0.05, 0) is 49.2 Å². The van der Waals surface area contributed by atoms with E-state index in [4.69, 9.17) is 4.74 Å². The highest BCUT2D eigenvalue weighted by atomic mass is 16.5. The largest absolute Gasteiger partial charge is 0.487 e. The summed E-state index contributed by atoms with van der Waals surface area (Å²) >= 11 is 0. The summed E-state index contributed by atoms with van der Waals surface area (Å²) in [5, 5.41) is 3.05. The molecule has 0 radical (unpaired) electrons. The molecule has 6 heteroatoms. The second kappa shape index (κ2) is 8.46. The minimum atomic E-state index is -0.0741. The van der Waals surface area contributed by atoms with Crippen molar-refractivity contribution in [1.82, 2.24) is 19.9 Å². The molecular formula is C26H26N4O2. The fourth-order valence-electron chi connectivity index (χ4n) is 4.41. The first-order valence-electron chi connectivity index (χ1n) is 11.0. The second-order valence-electron chi connectivity index (χ2n) is 8.26. The van der Waals surface area contributed by atoms with E-state index in [2.05, 4.69) is 38.9 Å². The number of nitrogens with zero attached hydrogens (tertiary/aromatic N) is 3. The Morgan fingerprint density at radius 1 is 1.12 bits per heavy atom. The molecular weight excluding hydrogens is 400 g/mol. The van der Waals surface area contributed by atoms with Crippen LogP contribution in [0.1, 0.15) is 23.4 Å². The predicted molar refractivity (Wildman–Crippen MR) is 125 cm³/mol. The molecule has 32 heavy (non-hydrogen) atoms. The Hall–Kier alpha value is -3.67. The van der Waals surface area contributed by atoms with Crippen LogP contribution in [-0.2, 0) is 17.8 Å². The van der Waals surface area contributed by atoms with Gasteiger partial charge < -0.3 is 14.6 Å². The number of amides is 1. The van der Waals surface area contributed by atoms with Gasteiger partial charge in [-0.25, -0.2) is 4.98 Å². The number of aryl methyl sites for hydroxylation is 3. The summed E-state index contributed by atoms with van der Waals surface area (Å²) in [4.78, 5) is 21.7. The zero-order valence-corrected chi connectivity index (χ0v) is 18.3. The molecule has 162 valence electrons. The van der Waals surface area contributed by atoms with Crippen molar-refractivity contribution in [3.8, 4) is 17.0 Å². The third kappa shape index (κ3) is 3.84. The molecule has 1 aliphatic rings. The quantitative estimate of drug-likeness (QED) is 0.501. The third-order valence-electron chi connectivity index (χ3n) is 6.03. The van der Waals surface area contributed by atoms with E-state index < -0.39 is 0 Å². The van der Waals surface area contributed by atoms with Crippen LogP contribution in [0.15, 0.2) is 60.8 Å². The van der Waals surface area contributed by atoms with Gasteiger partial charge in [0, 0.05) is 31.1 Å². The van der Waals surface area contributed by atoms with Gasteiger partial charge in [-0.1, -0.05) is 30.3 Å². The van der Waals surface area contributed by atoms with E-state index in [1.165, 1.54) is 0 Å². The van der Waals surface area contributed by atoms with E-state index in [0.717, 1.165) is 51.4 Å². The maximum absolute atomic E-state index is 12.5. The molecule has 1 N–H and O–H groups in total. The van der Waals surface area contributed by atoms with Gasteiger partial charge in [0.05, 0.1) is 23.3 Å². The molecule has 0 unspecified atom stereocenters. The Morgan fingerprint density at radius 3 is 2.88 bits per heavy atom. The van der Waals surface area contributed by atoms with E-state index >= 15 is 0 Å². The molecule has 6 nitrogen and oxygen atoms in total. The maximum atomic E-state index is 12.5. The number of hydrogen-bond donors (Lipinski definition) is 1. The Kier molecular flexibility index (Phi) is 5.35. The summed E-state index contributed by atoms with van der Waals surface area (Å²) < 4.78 is 8.35. The molecule has 0 aliphatic carbocycles. The van der Waals surface area contributed by atoms with Gasteiger partial charge in [0.15, 0.2) is 0 Å². The molecule has 0 fully saturated rings. The molecule has 4 aromatic rings. The topological polar surface area (TPSA) is 69.0 Å². The number of imidazole rings is 1. The lowest BCUT2D eigenvalue weighted by Crippen LogP contribution is -2.34. The zero-order valence-electron chi connectivity index (χ0n) is 18.3. The van der Waals surface area contributed by atoms with E-state index in [1.54, 1.807) is 6.20 Å². The molecule has 0 bridgehead atoms. The number of carbonyl (C=O) groups excluding carboxylic acids is 1. The lowest BCUT2D eigenvalue weighted by atomic mass is 10.0. The van der Waals surface area contributed by atoms with Gasteiger partial charge in [-0.15, -0.1) is 0 Å². The van der Waals surface area contributed by atoms with Crippen LogP contribution in [0.4, 0.5) is 0 Å². The molecule has 5 rings (SSSR count). The summed E-state index contributed by atoms with van der Waals surface area (Å²) in [5.74, 6) is 1.82. The predicted octanol–water partition coefficient (Wildman–Crippen LogP) is 4.23. The number of fused-ring (bicyclic) bond motifs is 2. The fourth-order valence-corrected chi connectivity index (χ4v) is 4.41. The summed E-state index contributed by atoms with van der Waals surface area (Å²) in [5.41, 5.74) is 6.25. The van der Waals surface area contributed by atoms with Crippen LogP contribution < -0.4 is 10.1 Å². The van der Waals surface area contributed by atoms with Gasteiger partial charge in [0.2, 0.25) is 5.91 Å². The van der Waals surface area contributed by atoms with Gasteiger partial charge in [0.1, 0.15) is 17.7 Å². The van der Waals surface area contributed by atoms with Crippen LogP contribution in [-0.4, -0.2) is 33.1 Å². The summed E-state index contributed by atoms with van der Waals surface area (Å²) in [6.45, 7) is 5.12. The van der Waals surface area contributed by atoms with Crippen LogP contribution in [0.25, 0.3) is 22.3 Å². The number of nitrogens with one attached hydrogen (secondary N) is 1. The minimum absolute atomic E-state index is 0.0162. The van der Waals surface area contributed by atoms with E-state index in [-0.39, 0.29) is 12.0 Å². The molecule has 2 aromatic heterocycles. The van der Waals surface area contributed by atoms with Gasteiger partial charge >= 0.3 is 0 Å². The lowest BCUT2D eigenvalue weighted by Gasteiger charge is -2.14. The number of benzene rings is 2. The third-order valence-corrected chi connectivity index (χ3v) is 6.03.